The van der Waals surface area contributed by atoms with Crippen molar-refractivity contribution >= 4 is 5.78 Å². The second-order valence-electron chi connectivity index (χ2n) is 4.49. The molecular weight excluding hydrogens is 262 g/mol. The summed E-state index contributed by atoms with van der Waals surface area (Å²) in [7, 11) is 1.51. The van der Waals surface area contributed by atoms with Gasteiger partial charge in [-0.15, -0.1) is 0 Å². The van der Waals surface area contributed by atoms with Crippen molar-refractivity contribution in [1.29, 1.82) is 0 Å². The first-order chi connectivity index (χ1) is 9.52. The molecule has 0 radical (unpaired) electrons. The summed E-state index contributed by atoms with van der Waals surface area (Å²) in [6, 6.07) is 9.01. The van der Waals surface area contributed by atoms with Crippen LogP contribution in [-0.2, 0) is 6.42 Å². The highest BCUT2D eigenvalue weighted by molar-refractivity contribution is 5.98. The van der Waals surface area contributed by atoms with Crippen molar-refractivity contribution < 1.29 is 18.3 Å². The molecule has 104 valence electrons. The molecule has 0 unspecified atom stereocenters. The molecule has 2 nitrogen and oxygen atoms in total. The average molecular weight is 276 g/mol. The van der Waals surface area contributed by atoms with Gasteiger partial charge in [0.15, 0.2) is 5.78 Å². The van der Waals surface area contributed by atoms with Gasteiger partial charge in [0, 0.05) is 18.1 Å². The zero-order chi connectivity index (χ0) is 14.7. The van der Waals surface area contributed by atoms with Crippen LogP contribution >= 0.6 is 0 Å². The second-order valence-corrected chi connectivity index (χ2v) is 4.49. The van der Waals surface area contributed by atoms with Crippen LogP contribution in [0.25, 0.3) is 0 Å². The van der Waals surface area contributed by atoms with Gasteiger partial charge in [0.2, 0.25) is 0 Å². The molecular formula is C16H14F2O2. The number of ether oxygens (including phenoxy) is 1. The van der Waals surface area contributed by atoms with Crippen LogP contribution in [0.3, 0.4) is 0 Å². The molecule has 0 spiro atoms. The van der Waals surface area contributed by atoms with Gasteiger partial charge in [0.25, 0.3) is 0 Å². The lowest BCUT2D eigenvalue weighted by Gasteiger charge is -2.08. The summed E-state index contributed by atoms with van der Waals surface area (Å²) in [5, 5.41) is 0. The van der Waals surface area contributed by atoms with Crippen LogP contribution in [0.5, 0.6) is 5.75 Å². The van der Waals surface area contributed by atoms with Gasteiger partial charge in [-0.2, -0.15) is 0 Å². The van der Waals surface area contributed by atoms with Crippen molar-refractivity contribution in [3.05, 3.63) is 64.7 Å². The van der Waals surface area contributed by atoms with Crippen molar-refractivity contribution in [1.82, 2.24) is 0 Å². The minimum atomic E-state index is -0.840. The topological polar surface area (TPSA) is 26.3 Å². The molecule has 2 rings (SSSR count). The van der Waals surface area contributed by atoms with Crippen molar-refractivity contribution in [2.45, 2.75) is 13.3 Å². The molecule has 0 aliphatic rings. The number of aryl methyl sites for hydroxylation is 1. The minimum absolute atomic E-state index is 0.00596. The molecule has 0 saturated carbocycles. The van der Waals surface area contributed by atoms with E-state index < -0.39 is 17.4 Å². The molecule has 2 aromatic carbocycles. The Morgan fingerprint density at radius 1 is 1.15 bits per heavy atom. The molecule has 0 aromatic heterocycles. The molecule has 0 bridgehead atoms. The van der Waals surface area contributed by atoms with Crippen LogP contribution < -0.4 is 4.74 Å². The van der Waals surface area contributed by atoms with Gasteiger partial charge < -0.3 is 4.74 Å². The molecule has 0 aliphatic heterocycles. The second kappa shape index (κ2) is 5.82. The molecule has 20 heavy (non-hydrogen) atoms. The standard InChI is InChI=1S/C16H14F2O2/c1-10-7-12(14(18)9-13(10)17)15(19)8-11-5-3-4-6-16(11)20-2/h3-7,9H,8H2,1-2H3. The van der Waals surface area contributed by atoms with Gasteiger partial charge in [-0.05, 0) is 24.6 Å². The Morgan fingerprint density at radius 3 is 2.55 bits per heavy atom. The third kappa shape index (κ3) is 2.85. The number of Topliss-reactive ketones (excluding diaryl/α,β-unsaturated/α-hetero) is 1. The Morgan fingerprint density at radius 2 is 1.85 bits per heavy atom. The number of hydrogen-bond donors (Lipinski definition) is 0. The quantitative estimate of drug-likeness (QED) is 0.796. The first-order valence-electron chi connectivity index (χ1n) is 6.13. The van der Waals surface area contributed by atoms with E-state index in [0.29, 0.717) is 11.3 Å². The van der Waals surface area contributed by atoms with E-state index in [0.717, 1.165) is 6.07 Å². The first kappa shape index (κ1) is 14.2. The maximum Gasteiger partial charge on any atom is 0.170 e. The van der Waals surface area contributed by atoms with Crippen LogP contribution in [0.15, 0.2) is 36.4 Å². The normalized spacial score (nSPS) is 10.4. The van der Waals surface area contributed by atoms with E-state index in [9.17, 15) is 13.6 Å². The molecule has 0 atom stereocenters. The van der Waals surface area contributed by atoms with Gasteiger partial charge >= 0.3 is 0 Å². The van der Waals surface area contributed by atoms with Crippen LogP contribution in [0, 0.1) is 18.6 Å². The highest BCUT2D eigenvalue weighted by atomic mass is 19.1. The molecule has 0 heterocycles. The maximum atomic E-state index is 13.7. The summed E-state index contributed by atoms with van der Waals surface area (Å²) >= 11 is 0. The molecule has 0 saturated heterocycles. The van der Waals surface area contributed by atoms with Crippen molar-refractivity contribution in [2.75, 3.05) is 7.11 Å². The third-order valence-electron chi connectivity index (χ3n) is 3.09. The number of carbonyl (C=O) groups is 1. The number of halogens is 2. The summed E-state index contributed by atoms with van der Waals surface area (Å²) in [5.74, 6) is -1.33. The van der Waals surface area contributed by atoms with E-state index in [1.54, 1.807) is 24.3 Å². The molecule has 4 heteroatoms. The number of methoxy groups -OCH3 is 1. The summed E-state index contributed by atoms with van der Waals surface area (Å²) < 4.78 is 32.0. The monoisotopic (exact) mass is 276 g/mol. The van der Waals surface area contributed by atoms with E-state index in [1.807, 2.05) is 0 Å². The first-order valence-corrected chi connectivity index (χ1v) is 6.13. The Hall–Kier alpha value is -2.23. The molecule has 2 aromatic rings. The predicted molar refractivity (Wildman–Crippen MR) is 72.1 cm³/mol. The van der Waals surface area contributed by atoms with Crippen molar-refractivity contribution in [3.8, 4) is 5.75 Å². The van der Waals surface area contributed by atoms with Crippen molar-refractivity contribution in [3.63, 3.8) is 0 Å². The van der Waals surface area contributed by atoms with Crippen LogP contribution in [0.1, 0.15) is 21.5 Å². The summed E-state index contributed by atoms with van der Waals surface area (Å²) in [6.07, 6.45) is 0.00596. The van der Waals surface area contributed by atoms with Gasteiger partial charge in [-0.1, -0.05) is 18.2 Å². The van der Waals surface area contributed by atoms with Crippen LogP contribution in [-0.4, -0.2) is 12.9 Å². The molecule has 0 aliphatic carbocycles. The smallest absolute Gasteiger partial charge is 0.170 e. The summed E-state index contributed by atoms with van der Waals surface area (Å²) in [6.45, 7) is 1.49. The fourth-order valence-electron chi connectivity index (χ4n) is 1.99. The molecule has 0 amide bonds. The Kier molecular flexibility index (Phi) is 4.13. The third-order valence-corrected chi connectivity index (χ3v) is 3.09. The number of ketones is 1. The summed E-state index contributed by atoms with van der Waals surface area (Å²) in [4.78, 5) is 12.1. The van der Waals surface area contributed by atoms with E-state index in [1.165, 1.54) is 20.1 Å². The van der Waals surface area contributed by atoms with Gasteiger partial charge in [0.05, 0.1) is 12.7 Å². The van der Waals surface area contributed by atoms with E-state index in [4.69, 9.17) is 4.74 Å². The number of hydrogen-bond acceptors (Lipinski definition) is 2. The largest absolute Gasteiger partial charge is 0.496 e. The average Bonchev–Trinajstić information content (AvgIpc) is 2.43. The minimum Gasteiger partial charge on any atom is -0.496 e. The van der Waals surface area contributed by atoms with Crippen LogP contribution in [0.4, 0.5) is 8.78 Å². The predicted octanol–water partition coefficient (Wildman–Crippen LogP) is 3.71. The zero-order valence-corrected chi connectivity index (χ0v) is 11.2. The van der Waals surface area contributed by atoms with Gasteiger partial charge in [-0.3, -0.25) is 4.79 Å². The highest BCUT2D eigenvalue weighted by Crippen LogP contribution is 2.21. The SMILES string of the molecule is COc1ccccc1CC(=O)c1cc(C)c(F)cc1F. The summed E-state index contributed by atoms with van der Waals surface area (Å²) in [5.41, 5.74) is 0.811. The fourth-order valence-corrected chi connectivity index (χ4v) is 1.99. The van der Waals surface area contributed by atoms with E-state index >= 15 is 0 Å². The lowest BCUT2D eigenvalue weighted by molar-refractivity contribution is 0.0988. The Bertz CT molecular complexity index is 651. The lowest BCUT2D eigenvalue weighted by atomic mass is 10.00. The molecule has 0 N–H and O–H groups in total. The van der Waals surface area contributed by atoms with Gasteiger partial charge in [0.1, 0.15) is 17.4 Å². The Labute approximate surface area is 116 Å². The lowest BCUT2D eigenvalue weighted by Crippen LogP contribution is -2.08. The molecule has 0 fully saturated rings. The highest BCUT2D eigenvalue weighted by Gasteiger charge is 2.16. The number of rotatable bonds is 4. The van der Waals surface area contributed by atoms with Crippen LogP contribution in [0.2, 0.25) is 0 Å². The van der Waals surface area contributed by atoms with E-state index in [-0.39, 0.29) is 17.5 Å². The number of carbonyl (C=O) groups excluding carboxylic acids is 1. The number of benzene rings is 2. The Balaban J connectivity index is 2.31. The van der Waals surface area contributed by atoms with Crippen molar-refractivity contribution in [2.24, 2.45) is 0 Å². The zero-order valence-electron chi connectivity index (χ0n) is 11.2. The van der Waals surface area contributed by atoms with Gasteiger partial charge in [-0.25, -0.2) is 8.78 Å². The fraction of sp³-hybridized carbons (Fsp3) is 0.188. The van der Waals surface area contributed by atoms with E-state index in [2.05, 4.69) is 0 Å². The maximum absolute atomic E-state index is 13.7. The number of para-hydroxylation sites is 1.